The molecule has 0 unspecified atom stereocenters. The van der Waals surface area contributed by atoms with Crippen LogP contribution in [0.15, 0.2) is 63.8 Å². The number of piperidine rings is 1. The van der Waals surface area contributed by atoms with Crippen LogP contribution in [0.1, 0.15) is 19.3 Å². The summed E-state index contributed by atoms with van der Waals surface area (Å²) in [5.41, 5.74) is 2.55. The van der Waals surface area contributed by atoms with Gasteiger partial charge in [-0.2, -0.15) is 4.31 Å². The molecule has 3 aromatic rings. The number of ether oxygens (including phenoxy) is 1. The molecule has 4 rings (SSSR count). The number of aromatic nitrogens is 1. The van der Waals surface area contributed by atoms with Gasteiger partial charge in [-0.05, 0) is 54.8 Å². The van der Waals surface area contributed by atoms with Crippen LogP contribution < -0.4 is 9.54 Å². The summed E-state index contributed by atoms with van der Waals surface area (Å²) in [7, 11) is -1.84. The average Bonchev–Trinajstić information content (AvgIpc) is 3.22. The minimum Gasteiger partial charge on any atom is -0.497 e. The number of aliphatic hydroxyl groups excluding tert-OH is 1. The summed E-state index contributed by atoms with van der Waals surface area (Å²) in [5, 5.41) is 11.6. The van der Waals surface area contributed by atoms with Crippen LogP contribution in [0.3, 0.4) is 0 Å². The highest BCUT2D eigenvalue weighted by atomic mass is 32.2. The molecule has 0 bridgehead atoms. The molecular weight excluding hydrogens is 446 g/mol. The van der Waals surface area contributed by atoms with Crippen molar-refractivity contribution in [2.75, 3.05) is 26.8 Å². The van der Waals surface area contributed by atoms with Crippen molar-refractivity contribution in [3.8, 4) is 17.0 Å². The largest absolute Gasteiger partial charge is 0.497 e. The van der Waals surface area contributed by atoms with Crippen LogP contribution in [0, 0.1) is 0 Å². The number of benzene rings is 2. The molecule has 0 spiro atoms. The van der Waals surface area contributed by atoms with Crippen molar-refractivity contribution in [1.29, 1.82) is 0 Å². The summed E-state index contributed by atoms with van der Waals surface area (Å²) in [5.74, 6) is 0.763. The zero-order valence-corrected chi connectivity index (χ0v) is 19.6. The Labute approximate surface area is 192 Å². The van der Waals surface area contributed by atoms with Gasteiger partial charge < -0.3 is 14.4 Å². The standard InChI is InChI=1S/C23H27N3O4S2/c1-30-20-9-7-19(8-10-20)24-23-26(15-16-27)22(17-31-23)18-5-11-21(12-6-18)32(28,29)25-13-3-2-4-14-25/h5-12,17,27H,2-4,13-16H2,1H3. The molecule has 2 aromatic carbocycles. The molecule has 0 amide bonds. The smallest absolute Gasteiger partial charge is 0.243 e. The lowest BCUT2D eigenvalue weighted by Crippen LogP contribution is -2.35. The van der Waals surface area contributed by atoms with Gasteiger partial charge in [-0.25, -0.2) is 13.4 Å². The quantitative estimate of drug-likeness (QED) is 0.568. The molecule has 7 nitrogen and oxygen atoms in total. The Morgan fingerprint density at radius 1 is 1.03 bits per heavy atom. The van der Waals surface area contributed by atoms with Gasteiger partial charge in [0.05, 0.1) is 30.0 Å². The van der Waals surface area contributed by atoms with Crippen molar-refractivity contribution in [2.45, 2.75) is 30.7 Å². The topological polar surface area (TPSA) is 84.1 Å². The fourth-order valence-corrected chi connectivity index (χ4v) is 6.26. The molecule has 1 saturated heterocycles. The number of methoxy groups -OCH3 is 1. The predicted molar refractivity (Wildman–Crippen MR) is 126 cm³/mol. The fourth-order valence-electron chi connectivity index (χ4n) is 3.78. The van der Waals surface area contributed by atoms with E-state index in [-0.39, 0.29) is 6.61 Å². The third kappa shape index (κ3) is 4.80. The fraction of sp³-hybridized carbons (Fsp3) is 0.348. The first-order chi connectivity index (χ1) is 15.5. The summed E-state index contributed by atoms with van der Waals surface area (Å²) >= 11 is 1.48. The molecule has 0 radical (unpaired) electrons. The second-order valence-corrected chi connectivity index (χ2v) is 10.4. The van der Waals surface area contributed by atoms with Gasteiger partial charge in [0, 0.05) is 25.0 Å². The van der Waals surface area contributed by atoms with E-state index in [0.717, 1.165) is 46.8 Å². The highest BCUT2D eigenvalue weighted by Crippen LogP contribution is 2.26. The van der Waals surface area contributed by atoms with Gasteiger partial charge in [0.15, 0.2) is 4.80 Å². The highest BCUT2D eigenvalue weighted by molar-refractivity contribution is 7.89. The SMILES string of the molecule is COc1ccc(N=c2scc(-c3ccc(S(=O)(=O)N4CCCCC4)cc3)n2CCO)cc1. The lowest BCUT2D eigenvalue weighted by atomic mass is 10.2. The average molecular weight is 474 g/mol. The zero-order chi connectivity index (χ0) is 22.6. The van der Waals surface area contributed by atoms with Crippen LogP contribution in [0.4, 0.5) is 5.69 Å². The molecule has 1 fully saturated rings. The number of hydrogen-bond donors (Lipinski definition) is 1. The Morgan fingerprint density at radius 2 is 1.72 bits per heavy atom. The van der Waals surface area contributed by atoms with Gasteiger partial charge in [0.1, 0.15) is 5.75 Å². The molecule has 1 aliphatic heterocycles. The van der Waals surface area contributed by atoms with E-state index in [1.54, 1.807) is 23.5 Å². The highest BCUT2D eigenvalue weighted by Gasteiger charge is 2.25. The third-order valence-electron chi connectivity index (χ3n) is 5.52. The number of thiazole rings is 1. The van der Waals surface area contributed by atoms with Gasteiger partial charge >= 0.3 is 0 Å². The van der Waals surface area contributed by atoms with Gasteiger partial charge in [-0.3, -0.25) is 0 Å². The van der Waals surface area contributed by atoms with E-state index in [0.29, 0.717) is 24.5 Å². The van der Waals surface area contributed by atoms with Crippen LogP contribution >= 0.6 is 11.3 Å². The van der Waals surface area contributed by atoms with Crippen LogP contribution in [0.25, 0.3) is 11.3 Å². The van der Waals surface area contributed by atoms with Crippen LogP contribution in [0.5, 0.6) is 5.75 Å². The number of hydrogen-bond acceptors (Lipinski definition) is 6. The van der Waals surface area contributed by atoms with E-state index in [1.807, 2.05) is 46.3 Å². The Bertz CT molecular complexity index is 1210. The van der Waals surface area contributed by atoms with E-state index < -0.39 is 10.0 Å². The maximum absolute atomic E-state index is 12.9. The molecule has 9 heteroatoms. The van der Waals surface area contributed by atoms with Crippen LogP contribution in [-0.2, 0) is 16.6 Å². The summed E-state index contributed by atoms with van der Waals surface area (Å²) in [6, 6.07) is 14.4. The monoisotopic (exact) mass is 473 g/mol. The Balaban J connectivity index is 1.65. The zero-order valence-electron chi connectivity index (χ0n) is 18.0. The molecule has 1 aromatic heterocycles. The first-order valence-electron chi connectivity index (χ1n) is 10.6. The van der Waals surface area contributed by atoms with Gasteiger partial charge in [-0.1, -0.05) is 18.6 Å². The Hall–Kier alpha value is -2.46. The molecule has 0 atom stereocenters. The van der Waals surface area contributed by atoms with E-state index in [4.69, 9.17) is 9.73 Å². The number of rotatable bonds is 7. The van der Waals surface area contributed by atoms with Crippen molar-refractivity contribution in [2.24, 2.45) is 4.99 Å². The second kappa shape index (κ2) is 9.99. The molecule has 1 N–H and O–H groups in total. The number of sulfonamides is 1. The summed E-state index contributed by atoms with van der Waals surface area (Å²) in [4.78, 5) is 5.78. The summed E-state index contributed by atoms with van der Waals surface area (Å²) in [6.45, 7) is 1.53. The maximum Gasteiger partial charge on any atom is 0.243 e. The van der Waals surface area contributed by atoms with E-state index in [2.05, 4.69) is 0 Å². The van der Waals surface area contributed by atoms with Gasteiger partial charge in [0.2, 0.25) is 10.0 Å². The van der Waals surface area contributed by atoms with Crippen LogP contribution in [-0.4, -0.2) is 49.2 Å². The molecule has 32 heavy (non-hydrogen) atoms. The first-order valence-corrected chi connectivity index (χ1v) is 12.9. The lowest BCUT2D eigenvalue weighted by molar-refractivity contribution is 0.275. The molecule has 0 aliphatic carbocycles. The van der Waals surface area contributed by atoms with Crippen molar-refractivity contribution < 1.29 is 18.3 Å². The molecule has 170 valence electrons. The van der Waals surface area contributed by atoms with E-state index in [9.17, 15) is 13.5 Å². The second-order valence-electron chi connectivity index (χ2n) is 7.58. The van der Waals surface area contributed by atoms with E-state index >= 15 is 0 Å². The number of nitrogens with zero attached hydrogens (tertiary/aromatic N) is 3. The Morgan fingerprint density at radius 3 is 2.34 bits per heavy atom. The van der Waals surface area contributed by atoms with Crippen molar-refractivity contribution in [3.05, 3.63) is 58.7 Å². The molecule has 2 heterocycles. The predicted octanol–water partition coefficient (Wildman–Crippen LogP) is 3.62. The van der Waals surface area contributed by atoms with Crippen molar-refractivity contribution in [3.63, 3.8) is 0 Å². The molecule has 1 aliphatic rings. The normalized spacial score (nSPS) is 15.8. The third-order valence-corrected chi connectivity index (χ3v) is 8.30. The van der Waals surface area contributed by atoms with Crippen molar-refractivity contribution >= 4 is 27.0 Å². The minimum atomic E-state index is -3.46. The Kier molecular flexibility index (Phi) is 7.10. The molecular formula is C23H27N3O4S2. The van der Waals surface area contributed by atoms with Crippen molar-refractivity contribution in [1.82, 2.24) is 8.87 Å². The summed E-state index contributed by atoms with van der Waals surface area (Å²) in [6.07, 6.45) is 2.90. The van der Waals surface area contributed by atoms with E-state index in [1.165, 1.54) is 11.3 Å². The molecule has 0 saturated carbocycles. The number of aliphatic hydroxyl groups is 1. The van der Waals surface area contributed by atoms with Crippen LogP contribution in [0.2, 0.25) is 0 Å². The summed E-state index contributed by atoms with van der Waals surface area (Å²) < 4.78 is 34.6. The first kappa shape index (κ1) is 22.7. The minimum absolute atomic E-state index is 0.0268. The van der Waals surface area contributed by atoms with Gasteiger partial charge in [-0.15, -0.1) is 11.3 Å². The maximum atomic E-state index is 12.9. The lowest BCUT2D eigenvalue weighted by Gasteiger charge is -2.25. The van der Waals surface area contributed by atoms with Gasteiger partial charge in [0.25, 0.3) is 0 Å².